The predicted molar refractivity (Wildman–Crippen MR) is 81.3 cm³/mol. The van der Waals surface area contributed by atoms with Gasteiger partial charge >= 0.3 is 0 Å². The van der Waals surface area contributed by atoms with Gasteiger partial charge in [0, 0.05) is 36.1 Å². The van der Waals surface area contributed by atoms with Crippen molar-refractivity contribution in [1.82, 2.24) is 15.3 Å². The first kappa shape index (κ1) is 15.5. The molecule has 1 fully saturated rings. The predicted octanol–water partition coefficient (Wildman–Crippen LogP) is 1.58. The van der Waals surface area contributed by atoms with Crippen LogP contribution in [0.1, 0.15) is 25.5 Å². The number of H-pyrrole nitrogens is 1. The second-order valence-electron chi connectivity index (χ2n) is 5.19. The van der Waals surface area contributed by atoms with Crippen molar-refractivity contribution in [2.24, 2.45) is 5.92 Å². The summed E-state index contributed by atoms with van der Waals surface area (Å²) in [7, 11) is 0. The number of hydrogen-bond donors (Lipinski definition) is 2. The Morgan fingerprint density at radius 1 is 1.65 bits per heavy atom. The molecule has 1 aliphatic heterocycles. The van der Waals surface area contributed by atoms with Crippen LogP contribution in [0.4, 0.5) is 0 Å². The summed E-state index contributed by atoms with van der Waals surface area (Å²) in [4.78, 5) is 18.6. The van der Waals surface area contributed by atoms with E-state index in [4.69, 9.17) is 4.74 Å². The van der Waals surface area contributed by atoms with Gasteiger partial charge in [0.25, 0.3) is 5.56 Å². The Kier molecular flexibility index (Phi) is 6.06. The summed E-state index contributed by atoms with van der Waals surface area (Å²) in [5.74, 6) is 1.46. The van der Waals surface area contributed by atoms with Crippen molar-refractivity contribution in [3.8, 4) is 0 Å². The van der Waals surface area contributed by atoms with Crippen LogP contribution in [0.25, 0.3) is 0 Å². The lowest BCUT2D eigenvalue weighted by Gasteiger charge is -2.23. The lowest BCUT2D eigenvalue weighted by molar-refractivity contribution is 0.179. The van der Waals surface area contributed by atoms with Crippen molar-refractivity contribution in [3.63, 3.8) is 0 Å². The first-order chi connectivity index (χ1) is 9.69. The average Bonchev–Trinajstić information content (AvgIpc) is 2.91. The number of thioether (sulfide) groups is 1. The van der Waals surface area contributed by atoms with Gasteiger partial charge in [0.1, 0.15) is 0 Å². The molecule has 2 N–H and O–H groups in total. The molecule has 0 aliphatic carbocycles. The molecule has 2 unspecified atom stereocenters. The molecule has 112 valence electrons. The third kappa shape index (κ3) is 4.61. The Morgan fingerprint density at radius 3 is 3.15 bits per heavy atom. The van der Waals surface area contributed by atoms with Crippen LogP contribution in [0, 0.1) is 12.8 Å². The van der Waals surface area contributed by atoms with E-state index in [0.29, 0.717) is 17.1 Å². The van der Waals surface area contributed by atoms with Gasteiger partial charge in [-0.15, -0.1) is 0 Å². The highest BCUT2D eigenvalue weighted by Gasteiger charge is 2.25. The Morgan fingerprint density at radius 2 is 2.50 bits per heavy atom. The Labute approximate surface area is 123 Å². The molecule has 6 heteroatoms. The number of ether oxygens (including phenoxy) is 1. The minimum atomic E-state index is -0.0812. The highest BCUT2D eigenvalue weighted by atomic mass is 32.2. The van der Waals surface area contributed by atoms with Crippen LogP contribution in [0.15, 0.2) is 16.0 Å². The molecule has 0 saturated carbocycles. The molecule has 2 heterocycles. The molecule has 2 atom stereocenters. The van der Waals surface area contributed by atoms with Crippen LogP contribution < -0.4 is 10.9 Å². The lowest BCUT2D eigenvalue weighted by atomic mass is 10.0. The molecule has 2 rings (SSSR count). The van der Waals surface area contributed by atoms with Gasteiger partial charge in [0.15, 0.2) is 5.16 Å². The number of hydrogen-bond acceptors (Lipinski definition) is 5. The van der Waals surface area contributed by atoms with E-state index < -0.39 is 0 Å². The molecule has 0 amide bonds. The summed E-state index contributed by atoms with van der Waals surface area (Å²) < 4.78 is 5.49. The van der Waals surface area contributed by atoms with Gasteiger partial charge in [-0.05, 0) is 26.3 Å². The summed E-state index contributed by atoms with van der Waals surface area (Å²) >= 11 is 1.61. The zero-order chi connectivity index (χ0) is 14.4. The standard InChI is InChI=1S/C14H23N3O2S/c1-3-5-15-12(11-4-6-19-8-11)9-20-14-16-10(2)7-13(18)17-14/h7,11-12,15H,3-6,8-9H2,1-2H3,(H,16,17,18). The number of nitrogens with zero attached hydrogens (tertiary/aromatic N) is 1. The number of aromatic nitrogens is 2. The van der Waals surface area contributed by atoms with E-state index in [9.17, 15) is 4.79 Å². The molecule has 1 saturated heterocycles. The van der Waals surface area contributed by atoms with Crippen LogP contribution in [-0.2, 0) is 4.74 Å². The fourth-order valence-electron chi connectivity index (χ4n) is 2.35. The van der Waals surface area contributed by atoms with Crippen molar-refractivity contribution in [2.45, 2.75) is 37.9 Å². The van der Waals surface area contributed by atoms with Crippen LogP contribution in [0.2, 0.25) is 0 Å². The van der Waals surface area contributed by atoms with Gasteiger partial charge < -0.3 is 15.0 Å². The van der Waals surface area contributed by atoms with Crippen molar-refractivity contribution in [3.05, 3.63) is 22.1 Å². The molecule has 0 aromatic carbocycles. The zero-order valence-electron chi connectivity index (χ0n) is 12.1. The van der Waals surface area contributed by atoms with E-state index in [0.717, 1.165) is 44.0 Å². The maximum Gasteiger partial charge on any atom is 0.251 e. The number of aromatic amines is 1. The quantitative estimate of drug-likeness (QED) is 0.591. The van der Waals surface area contributed by atoms with Gasteiger partial charge in [-0.3, -0.25) is 4.79 Å². The van der Waals surface area contributed by atoms with Gasteiger partial charge in [0.05, 0.1) is 6.61 Å². The fraction of sp³-hybridized carbons (Fsp3) is 0.714. The normalized spacial score (nSPS) is 20.2. The van der Waals surface area contributed by atoms with Crippen molar-refractivity contribution < 1.29 is 4.74 Å². The summed E-state index contributed by atoms with van der Waals surface area (Å²) in [6.45, 7) is 6.72. The summed E-state index contributed by atoms with van der Waals surface area (Å²) in [6, 6.07) is 1.93. The SMILES string of the molecule is CCCNC(CSc1nc(C)cc(=O)[nH]1)C1CCOC1. The highest BCUT2D eigenvalue weighted by Crippen LogP contribution is 2.22. The maximum atomic E-state index is 11.4. The molecule has 1 aliphatic rings. The highest BCUT2D eigenvalue weighted by molar-refractivity contribution is 7.99. The largest absolute Gasteiger partial charge is 0.381 e. The van der Waals surface area contributed by atoms with Crippen LogP contribution in [-0.4, -0.2) is 41.5 Å². The van der Waals surface area contributed by atoms with Gasteiger partial charge in [0.2, 0.25) is 0 Å². The molecule has 0 radical (unpaired) electrons. The Balaban J connectivity index is 1.94. The summed E-state index contributed by atoms with van der Waals surface area (Å²) in [6.07, 6.45) is 2.23. The smallest absolute Gasteiger partial charge is 0.251 e. The topological polar surface area (TPSA) is 67.0 Å². The van der Waals surface area contributed by atoms with Crippen LogP contribution >= 0.6 is 11.8 Å². The van der Waals surface area contributed by atoms with E-state index in [1.54, 1.807) is 11.8 Å². The third-order valence-electron chi connectivity index (χ3n) is 3.44. The van der Waals surface area contributed by atoms with Crippen molar-refractivity contribution in [1.29, 1.82) is 0 Å². The minimum Gasteiger partial charge on any atom is -0.381 e. The van der Waals surface area contributed by atoms with Crippen LogP contribution in [0.3, 0.4) is 0 Å². The van der Waals surface area contributed by atoms with Gasteiger partial charge in [-0.2, -0.15) is 0 Å². The molecule has 0 bridgehead atoms. The van der Waals surface area contributed by atoms with E-state index in [2.05, 4.69) is 22.2 Å². The van der Waals surface area contributed by atoms with E-state index >= 15 is 0 Å². The monoisotopic (exact) mass is 297 g/mol. The molecular weight excluding hydrogens is 274 g/mol. The number of nitrogens with one attached hydrogen (secondary N) is 2. The van der Waals surface area contributed by atoms with E-state index in [-0.39, 0.29) is 5.56 Å². The summed E-state index contributed by atoms with van der Waals surface area (Å²) in [5.41, 5.74) is 0.681. The molecule has 1 aromatic heterocycles. The molecule has 20 heavy (non-hydrogen) atoms. The van der Waals surface area contributed by atoms with E-state index in [1.165, 1.54) is 6.07 Å². The number of aryl methyl sites for hydroxylation is 1. The Bertz CT molecular complexity index is 472. The van der Waals surface area contributed by atoms with Crippen LogP contribution in [0.5, 0.6) is 0 Å². The van der Waals surface area contributed by atoms with Crippen molar-refractivity contribution in [2.75, 3.05) is 25.5 Å². The number of rotatable bonds is 7. The van der Waals surface area contributed by atoms with Gasteiger partial charge in [-0.1, -0.05) is 18.7 Å². The second kappa shape index (κ2) is 7.81. The van der Waals surface area contributed by atoms with E-state index in [1.807, 2.05) is 6.92 Å². The third-order valence-corrected chi connectivity index (χ3v) is 4.43. The Hall–Kier alpha value is -0.850. The maximum absolute atomic E-state index is 11.4. The zero-order valence-corrected chi connectivity index (χ0v) is 13.0. The lowest BCUT2D eigenvalue weighted by Crippen LogP contribution is -2.39. The molecule has 5 nitrogen and oxygen atoms in total. The molecule has 0 spiro atoms. The molecule has 1 aromatic rings. The second-order valence-corrected chi connectivity index (χ2v) is 6.20. The molecular formula is C14H23N3O2S. The fourth-order valence-corrected chi connectivity index (χ4v) is 3.46. The van der Waals surface area contributed by atoms with Gasteiger partial charge in [-0.25, -0.2) is 4.98 Å². The average molecular weight is 297 g/mol. The minimum absolute atomic E-state index is 0.0812. The summed E-state index contributed by atoms with van der Waals surface area (Å²) in [5, 5.41) is 4.30. The first-order valence-electron chi connectivity index (χ1n) is 7.21. The first-order valence-corrected chi connectivity index (χ1v) is 8.19. The van der Waals surface area contributed by atoms with Crippen molar-refractivity contribution >= 4 is 11.8 Å².